The first-order chi connectivity index (χ1) is 8.38. The second-order valence-electron chi connectivity index (χ2n) is 5.11. The molecule has 0 saturated heterocycles. The summed E-state index contributed by atoms with van der Waals surface area (Å²) >= 11 is 0. The van der Waals surface area contributed by atoms with Crippen LogP contribution in [0.3, 0.4) is 0 Å². The Hall–Kier alpha value is -0.120. The smallest absolute Gasteiger partial charge is 0.0487 e. The van der Waals surface area contributed by atoms with Crippen LogP contribution in [0.2, 0.25) is 0 Å². The lowest BCUT2D eigenvalue weighted by Crippen LogP contribution is -2.26. The van der Waals surface area contributed by atoms with Gasteiger partial charge in [0.2, 0.25) is 0 Å². The van der Waals surface area contributed by atoms with Gasteiger partial charge in [0.25, 0.3) is 0 Å². The number of methoxy groups -OCH3 is 1. The molecule has 0 aromatic heterocycles. The number of hydrogen-bond acceptors (Lipinski definition) is 3. The van der Waals surface area contributed by atoms with Crippen molar-refractivity contribution in [3.05, 3.63) is 0 Å². The number of rotatable bonds is 10. The SMILES string of the molecule is CNCC(CCOCCCOC)C1CCCC1. The van der Waals surface area contributed by atoms with Gasteiger partial charge in [-0.3, -0.25) is 0 Å². The minimum absolute atomic E-state index is 0.808. The molecule has 1 saturated carbocycles. The molecule has 1 aliphatic rings. The van der Waals surface area contributed by atoms with Crippen molar-refractivity contribution in [2.75, 3.05) is 40.5 Å². The van der Waals surface area contributed by atoms with Crippen molar-refractivity contribution in [2.24, 2.45) is 11.8 Å². The summed E-state index contributed by atoms with van der Waals surface area (Å²) in [5.41, 5.74) is 0. The Morgan fingerprint density at radius 1 is 1.18 bits per heavy atom. The van der Waals surface area contributed by atoms with Crippen LogP contribution in [0, 0.1) is 11.8 Å². The molecule has 0 aromatic rings. The first kappa shape index (κ1) is 14.9. The molecule has 0 heterocycles. The van der Waals surface area contributed by atoms with E-state index in [1.807, 2.05) is 0 Å². The molecular formula is C14H29NO2. The Balaban J connectivity index is 2.07. The topological polar surface area (TPSA) is 30.5 Å². The van der Waals surface area contributed by atoms with Crippen LogP contribution in [-0.4, -0.2) is 40.5 Å². The van der Waals surface area contributed by atoms with Crippen LogP contribution < -0.4 is 5.32 Å². The second-order valence-corrected chi connectivity index (χ2v) is 5.11. The van der Waals surface area contributed by atoms with Gasteiger partial charge in [-0.2, -0.15) is 0 Å². The van der Waals surface area contributed by atoms with E-state index >= 15 is 0 Å². The molecule has 3 heteroatoms. The molecule has 1 aliphatic carbocycles. The number of ether oxygens (including phenoxy) is 2. The average Bonchev–Trinajstić information content (AvgIpc) is 2.86. The Morgan fingerprint density at radius 2 is 1.94 bits per heavy atom. The molecule has 102 valence electrons. The summed E-state index contributed by atoms with van der Waals surface area (Å²) in [6, 6.07) is 0. The lowest BCUT2D eigenvalue weighted by molar-refractivity contribution is 0.0877. The molecular weight excluding hydrogens is 214 g/mol. The van der Waals surface area contributed by atoms with Gasteiger partial charge < -0.3 is 14.8 Å². The third-order valence-corrected chi connectivity index (χ3v) is 3.80. The molecule has 1 fully saturated rings. The van der Waals surface area contributed by atoms with Gasteiger partial charge in [0, 0.05) is 26.9 Å². The summed E-state index contributed by atoms with van der Waals surface area (Å²) in [7, 11) is 3.80. The predicted octanol–water partition coefficient (Wildman–Crippen LogP) is 2.46. The van der Waals surface area contributed by atoms with Crippen LogP contribution >= 0.6 is 0 Å². The van der Waals surface area contributed by atoms with Gasteiger partial charge in [0.1, 0.15) is 0 Å². The molecule has 0 aliphatic heterocycles. The van der Waals surface area contributed by atoms with E-state index in [1.54, 1.807) is 7.11 Å². The first-order valence-electron chi connectivity index (χ1n) is 7.09. The summed E-state index contributed by atoms with van der Waals surface area (Å²) in [4.78, 5) is 0. The van der Waals surface area contributed by atoms with E-state index in [9.17, 15) is 0 Å². The summed E-state index contributed by atoms with van der Waals surface area (Å²) in [6.07, 6.45) is 7.93. The van der Waals surface area contributed by atoms with E-state index in [0.717, 1.165) is 44.6 Å². The van der Waals surface area contributed by atoms with Crippen molar-refractivity contribution in [1.29, 1.82) is 0 Å². The summed E-state index contributed by atoms with van der Waals surface area (Å²) < 4.78 is 10.7. The quantitative estimate of drug-likeness (QED) is 0.598. The fourth-order valence-corrected chi connectivity index (χ4v) is 2.84. The highest BCUT2D eigenvalue weighted by Crippen LogP contribution is 2.32. The van der Waals surface area contributed by atoms with E-state index in [2.05, 4.69) is 12.4 Å². The van der Waals surface area contributed by atoms with Crippen molar-refractivity contribution in [2.45, 2.75) is 38.5 Å². The molecule has 0 amide bonds. The fourth-order valence-electron chi connectivity index (χ4n) is 2.84. The molecule has 1 N–H and O–H groups in total. The normalized spacial score (nSPS) is 18.7. The Morgan fingerprint density at radius 3 is 2.59 bits per heavy atom. The van der Waals surface area contributed by atoms with Gasteiger partial charge >= 0.3 is 0 Å². The molecule has 0 bridgehead atoms. The largest absolute Gasteiger partial charge is 0.385 e. The number of hydrogen-bond donors (Lipinski definition) is 1. The van der Waals surface area contributed by atoms with Gasteiger partial charge in [-0.1, -0.05) is 25.7 Å². The zero-order valence-electron chi connectivity index (χ0n) is 11.5. The maximum absolute atomic E-state index is 5.66. The maximum atomic E-state index is 5.66. The summed E-state index contributed by atoms with van der Waals surface area (Å²) in [5, 5.41) is 3.33. The molecule has 0 spiro atoms. The standard InChI is InChI=1S/C14H29NO2/c1-15-12-14(13-6-3-4-7-13)8-11-17-10-5-9-16-2/h13-15H,3-12H2,1-2H3. The van der Waals surface area contributed by atoms with E-state index < -0.39 is 0 Å². The minimum Gasteiger partial charge on any atom is -0.385 e. The van der Waals surface area contributed by atoms with Crippen molar-refractivity contribution >= 4 is 0 Å². The van der Waals surface area contributed by atoms with Gasteiger partial charge in [0.15, 0.2) is 0 Å². The van der Waals surface area contributed by atoms with Crippen molar-refractivity contribution in [3.8, 4) is 0 Å². The lowest BCUT2D eigenvalue weighted by atomic mass is 9.88. The number of nitrogens with one attached hydrogen (secondary N) is 1. The van der Waals surface area contributed by atoms with Gasteiger partial charge in [-0.15, -0.1) is 0 Å². The molecule has 1 unspecified atom stereocenters. The molecule has 3 nitrogen and oxygen atoms in total. The molecule has 17 heavy (non-hydrogen) atoms. The van der Waals surface area contributed by atoms with Gasteiger partial charge in [-0.25, -0.2) is 0 Å². The monoisotopic (exact) mass is 243 g/mol. The van der Waals surface area contributed by atoms with Crippen LogP contribution in [0.1, 0.15) is 38.5 Å². The Labute approximate surface area is 106 Å². The highest BCUT2D eigenvalue weighted by Gasteiger charge is 2.23. The molecule has 1 rings (SSSR count). The lowest BCUT2D eigenvalue weighted by Gasteiger charge is -2.23. The second kappa shape index (κ2) is 9.86. The highest BCUT2D eigenvalue weighted by molar-refractivity contribution is 4.76. The third-order valence-electron chi connectivity index (χ3n) is 3.80. The van der Waals surface area contributed by atoms with Gasteiger partial charge in [0.05, 0.1) is 0 Å². The Kier molecular flexibility index (Phi) is 8.67. The van der Waals surface area contributed by atoms with Crippen molar-refractivity contribution in [1.82, 2.24) is 5.32 Å². The zero-order chi connectivity index (χ0) is 12.3. The average molecular weight is 243 g/mol. The Bertz CT molecular complexity index is 170. The van der Waals surface area contributed by atoms with E-state index in [4.69, 9.17) is 9.47 Å². The minimum atomic E-state index is 0.808. The fraction of sp³-hybridized carbons (Fsp3) is 1.00. The van der Waals surface area contributed by atoms with Crippen molar-refractivity contribution < 1.29 is 9.47 Å². The molecule has 0 aromatic carbocycles. The van der Waals surface area contributed by atoms with Crippen LogP contribution in [0.25, 0.3) is 0 Å². The predicted molar refractivity (Wildman–Crippen MR) is 71.3 cm³/mol. The first-order valence-corrected chi connectivity index (χ1v) is 7.09. The van der Waals surface area contributed by atoms with E-state index in [0.29, 0.717) is 0 Å². The van der Waals surface area contributed by atoms with Crippen LogP contribution in [0.4, 0.5) is 0 Å². The van der Waals surface area contributed by atoms with Crippen molar-refractivity contribution in [3.63, 3.8) is 0 Å². The van der Waals surface area contributed by atoms with E-state index in [1.165, 1.54) is 32.1 Å². The summed E-state index contributed by atoms with van der Waals surface area (Å²) in [5.74, 6) is 1.75. The highest BCUT2D eigenvalue weighted by atomic mass is 16.5. The maximum Gasteiger partial charge on any atom is 0.0487 e. The van der Waals surface area contributed by atoms with Crippen LogP contribution in [0.15, 0.2) is 0 Å². The zero-order valence-corrected chi connectivity index (χ0v) is 11.5. The van der Waals surface area contributed by atoms with Gasteiger partial charge in [-0.05, 0) is 38.3 Å². The summed E-state index contributed by atoms with van der Waals surface area (Å²) in [6.45, 7) is 3.70. The third kappa shape index (κ3) is 6.39. The van der Waals surface area contributed by atoms with Crippen LogP contribution in [-0.2, 0) is 9.47 Å². The van der Waals surface area contributed by atoms with Crippen LogP contribution in [0.5, 0.6) is 0 Å². The van der Waals surface area contributed by atoms with E-state index in [-0.39, 0.29) is 0 Å². The molecule has 1 atom stereocenters. The molecule has 0 radical (unpaired) electrons.